The molecule has 0 saturated carbocycles. The molecule has 4 aromatic rings. The van der Waals surface area contributed by atoms with Crippen molar-refractivity contribution in [2.45, 2.75) is 39.5 Å². The molecule has 11 heteroatoms. The number of nitrogens with one attached hydrogen (secondary N) is 3. The number of aryl methyl sites for hydroxylation is 1. The van der Waals surface area contributed by atoms with Crippen molar-refractivity contribution in [2.24, 2.45) is 11.8 Å². The number of H-pyrrole nitrogens is 1. The summed E-state index contributed by atoms with van der Waals surface area (Å²) in [5.41, 5.74) is 2.83. The summed E-state index contributed by atoms with van der Waals surface area (Å²) in [6, 6.07) is 3.88. The second-order valence-corrected chi connectivity index (χ2v) is 11.4. The number of aromatic amines is 1. The number of hydrogen-bond donors (Lipinski definition) is 3. The lowest BCUT2D eigenvalue weighted by molar-refractivity contribution is -0.133. The SMILES string of the molecule is CC(C)CC(=O)NCCOc1cc2[nH]ncc2cc1Nc1ncnc2sc3c(c12)CCC(C(=O)N(C)C)C3. The summed E-state index contributed by atoms with van der Waals surface area (Å²) in [7, 11) is 3.62. The number of amides is 2. The van der Waals surface area contributed by atoms with Gasteiger partial charge in [0.15, 0.2) is 0 Å². The predicted octanol–water partition coefficient (Wildman–Crippen LogP) is 4.05. The van der Waals surface area contributed by atoms with E-state index in [-0.39, 0.29) is 17.7 Å². The highest BCUT2D eigenvalue weighted by Gasteiger charge is 2.30. The fourth-order valence-electron chi connectivity index (χ4n) is 4.89. The maximum Gasteiger partial charge on any atom is 0.225 e. The van der Waals surface area contributed by atoms with Crippen LogP contribution in [0.4, 0.5) is 11.5 Å². The Labute approximate surface area is 225 Å². The van der Waals surface area contributed by atoms with Gasteiger partial charge in [-0.05, 0) is 36.8 Å². The molecule has 2 amide bonds. The number of ether oxygens (including phenoxy) is 1. The van der Waals surface area contributed by atoms with Crippen molar-refractivity contribution in [2.75, 3.05) is 32.6 Å². The smallest absolute Gasteiger partial charge is 0.225 e. The maximum atomic E-state index is 12.6. The number of anilines is 2. The first kappa shape index (κ1) is 25.9. The Bertz CT molecular complexity index is 1480. The van der Waals surface area contributed by atoms with Crippen LogP contribution >= 0.6 is 11.3 Å². The van der Waals surface area contributed by atoms with E-state index in [2.05, 4.69) is 30.8 Å². The van der Waals surface area contributed by atoms with E-state index in [1.807, 2.05) is 40.1 Å². The molecule has 0 saturated heterocycles. The molecule has 5 rings (SSSR count). The number of thiophene rings is 1. The number of rotatable bonds is 9. The molecule has 200 valence electrons. The van der Waals surface area contributed by atoms with Crippen LogP contribution in [-0.4, -0.2) is 64.1 Å². The van der Waals surface area contributed by atoms with Crippen molar-refractivity contribution in [1.29, 1.82) is 0 Å². The third kappa shape index (κ3) is 5.42. The van der Waals surface area contributed by atoms with Gasteiger partial charge in [0, 0.05) is 42.8 Å². The number of nitrogens with zero attached hydrogens (tertiary/aromatic N) is 4. The largest absolute Gasteiger partial charge is 0.489 e. The summed E-state index contributed by atoms with van der Waals surface area (Å²) in [6.07, 6.45) is 6.16. The average Bonchev–Trinajstić information content (AvgIpc) is 3.49. The lowest BCUT2D eigenvalue weighted by Crippen LogP contribution is -2.32. The Kier molecular flexibility index (Phi) is 7.46. The average molecular weight is 536 g/mol. The molecule has 3 heterocycles. The highest BCUT2D eigenvalue weighted by atomic mass is 32.1. The van der Waals surface area contributed by atoms with Gasteiger partial charge in [-0.3, -0.25) is 14.7 Å². The molecule has 1 aliphatic rings. The molecule has 10 nitrogen and oxygen atoms in total. The van der Waals surface area contributed by atoms with E-state index in [4.69, 9.17) is 4.74 Å². The predicted molar refractivity (Wildman–Crippen MR) is 149 cm³/mol. The zero-order chi connectivity index (χ0) is 26.8. The lowest BCUT2D eigenvalue weighted by Gasteiger charge is -2.24. The van der Waals surface area contributed by atoms with Crippen LogP contribution in [0.15, 0.2) is 24.7 Å². The first-order valence-corrected chi connectivity index (χ1v) is 13.7. The van der Waals surface area contributed by atoms with Gasteiger partial charge in [-0.2, -0.15) is 5.10 Å². The van der Waals surface area contributed by atoms with Crippen LogP contribution in [0.2, 0.25) is 0 Å². The van der Waals surface area contributed by atoms with E-state index < -0.39 is 0 Å². The van der Waals surface area contributed by atoms with Crippen molar-refractivity contribution in [3.8, 4) is 5.75 Å². The van der Waals surface area contributed by atoms with Crippen molar-refractivity contribution in [1.82, 2.24) is 30.4 Å². The molecule has 0 bridgehead atoms. The summed E-state index contributed by atoms with van der Waals surface area (Å²) < 4.78 is 6.10. The van der Waals surface area contributed by atoms with Crippen molar-refractivity contribution in [3.05, 3.63) is 35.1 Å². The van der Waals surface area contributed by atoms with Gasteiger partial charge in [-0.25, -0.2) is 9.97 Å². The summed E-state index contributed by atoms with van der Waals surface area (Å²) in [6.45, 7) is 4.77. The second-order valence-electron chi connectivity index (χ2n) is 10.3. The normalized spacial score (nSPS) is 15.0. The molecule has 0 fully saturated rings. The summed E-state index contributed by atoms with van der Waals surface area (Å²) in [5.74, 6) is 1.84. The van der Waals surface area contributed by atoms with E-state index in [0.717, 1.165) is 46.1 Å². The molecule has 1 atom stereocenters. The molecular formula is C27H33N7O3S. The first-order valence-electron chi connectivity index (χ1n) is 12.9. The van der Waals surface area contributed by atoms with E-state index >= 15 is 0 Å². The van der Waals surface area contributed by atoms with Crippen LogP contribution in [0.25, 0.3) is 21.1 Å². The zero-order valence-corrected chi connectivity index (χ0v) is 22.9. The molecule has 1 unspecified atom stereocenters. The van der Waals surface area contributed by atoms with Crippen molar-refractivity contribution < 1.29 is 14.3 Å². The fraction of sp³-hybridized carbons (Fsp3) is 0.444. The number of aromatic nitrogens is 4. The molecule has 0 radical (unpaired) electrons. The van der Waals surface area contributed by atoms with Gasteiger partial charge in [0.2, 0.25) is 11.8 Å². The van der Waals surface area contributed by atoms with Gasteiger partial charge in [0.05, 0.1) is 29.3 Å². The van der Waals surface area contributed by atoms with E-state index in [1.54, 1.807) is 28.8 Å². The highest BCUT2D eigenvalue weighted by molar-refractivity contribution is 7.19. The monoisotopic (exact) mass is 535 g/mol. The van der Waals surface area contributed by atoms with Gasteiger partial charge >= 0.3 is 0 Å². The third-order valence-corrected chi connectivity index (χ3v) is 7.87. The van der Waals surface area contributed by atoms with Crippen LogP contribution in [0.1, 0.15) is 37.1 Å². The molecular weight excluding hydrogens is 502 g/mol. The van der Waals surface area contributed by atoms with Crippen LogP contribution < -0.4 is 15.4 Å². The summed E-state index contributed by atoms with van der Waals surface area (Å²) in [4.78, 5) is 37.5. The Balaban J connectivity index is 1.39. The number of hydrogen-bond acceptors (Lipinski definition) is 8. The van der Waals surface area contributed by atoms with Gasteiger partial charge in [-0.1, -0.05) is 13.8 Å². The molecule has 3 aromatic heterocycles. The Morgan fingerprint density at radius 3 is 2.89 bits per heavy atom. The van der Waals surface area contributed by atoms with Gasteiger partial charge in [0.1, 0.15) is 29.3 Å². The summed E-state index contributed by atoms with van der Waals surface area (Å²) >= 11 is 1.64. The maximum absolute atomic E-state index is 12.6. The van der Waals surface area contributed by atoms with E-state index in [0.29, 0.717) is 37.1 Å². The van der Waals surface area contributed by atoms with E-state index in [9.17, 15) is 9.59 Å². The topological polar surface area (TPSA) is 125 Å². The van der Waals surface area contributed by atoms with Gasteiger partial charge in [-0.15, -0.1) is 11.3 Å². The minimum absolute atomic E-state index is 0.000500. The molecule has 0 aliphatic heterocycles. The first-order chi connectivity index (χ1) is 18.3. The molecule has 0 spiro atoms. The van der Waals surface area contributed by atoms with E-state index in [1.165, 1.54) is 10.4 Å². The minimum Gasteiger partial charge on any atom is -0.489 e. The Morgan fingerprint density at radius 1 is 1.26 bits per heavy atom. The zero-order valence-electron chi connectivity index (χ0n) is 22.1. The Morgan fingerprint density at radius 2 is 2.11 bits per heavy atom. The highest BCUT2D eigenvalue weighted by Crippen LogP contribution is 2.41. The van der Waals surface area contributed by atoms with Gasteiger partial charge in [0.25, 0.3) is 0 Å². The quantitative estimate of drug-likeness (QED) is 0.276. The molecule has 38 heavy (non-hydrogen) atoms. The minimum atomic E-state index is -0.000500. The van der Waals surface area contributed by atoms with Crippen LogP contribution in [0.3, 0.4) is 0 Å². The molecule has 1 aliphatic carbocycles. The molecule has 1 aromatic carbocycles. The summed E-state index contributed by atoms with van der Waals surface area (Å²) in [5, 5.41) is 15.5. The van der Waals surface area contributed by atoms with Crippen molar-refractivity contribution in [3.63, 3.8) is 0 Å². The van der Waals surface area contributed by atoms with Crippen LogP contribution in [-0.2, 0) is 22.4 Å². The van der Waals surface area contributed by atoms with Crippen LogP contribution in [0, 0.1) is 11.8 Å². The standard InChI is InChI=1S/C27H33N7O3S/c1-15(2)9-23(35)28-7-8-37-21-12-19-17(13-31-33-19)10-20(21)32-25-24-18-6-5-16(27(36)34(3)4)11-22(18)38-26(24)30-14-29-25/h10,12-16H,5-9,11H2,1-4H3,(H,28,35)(H,31,33)(H,29,30,32). The lowest BCUT2D eigenvalue weighted by atomic mass is 9.87. The fourth-order valence-corrected chi connectivity index (χ4v) is 6.16. The number of benzene rings is 1. The van der Waals surface area contributed by atoms with Crippen molar-refractivity contribution >= 4 is 55.8 Å². The van der Waals surface area contributed by atoms with Gasteiger partial charge < -0.3 is 20.3 Å². The number of carbonyl (C=O) groups is 2. The Hall–Kier alpha value is -3.73. The number of fused-ring (bicyclic) bond motifs is 4. The molecule has 3 N–H and O–H groups in total. The second kappa shape index (κ2) is 10.9. The third-order valence-electron chi connectivity index (χ3n) is 6.70. The van der Waals surface area contributed by atoms with Crippen LogP contribution in [0.5, 0.6) is 5.75 Å². The number of carbonyl (C=O) groups excluding carboxylic acids is 2.